The van der Waals surface area contributed by atoms with Crippen LogP contribution in [0.25, 0.3) is 0 Å². The van der Waals surface area contributed by atoms with E-state index in [0.717, 1.165) is 25.0 Å². The number of carbonyl (C=O) groups is 2. The molecule has 45 heavy (non-hydrogen) atoms. The molecule has 0 heterocycles. The number of rotatable bonds is 24. The summed E-state index contributed by atoms with van der Waals surface area (Å²) in [5.74, 6) is -1.30. The van der Waals surface area contributed by atoms with Gasteiger partial charge < -0.3 is 19.3 Å². The zero-order valence-electron chi connectivity index (χ0n) is 27.9. The largest absolute Gasteiger partial charge is 1.00 e. The van der Waals surface area contributed by atoms with Gasteiger partial charge in [0.05, 0.1) is 30.2 Å². The number of hydrogen-bond acceptors (Lipinski definition) is 7. The van der Waals surface area contributed by atoms with Gasteiger partial charge >= 0.3 is 51.4 Å². The van der Waals surface area contributed by atoms with E-state index in [0.29, 0.717) is 17.9 Å². The van der Waals surface area contributed by atoms with Crippen molar-refractivity contribution in [2.75, 3.05) is 19.0 Å². The van der Waals surface area contributed by atoms with Crippen LogP contribution in [0.3, 0.4) is 0 Å². The van der Waals surface area contributed by atoms with Gasteiger partial charge in [0.1, 0.15) is 21.6 Å². The second kappa shape index (κ2) is 24.0. The summed E-state index contributed by atoms with van der Waals surface area (Å²) in [6, 6.07) is 10.1. The molecule has 0 saturated heterocycles. The fourth-order valence-electron chi connectivity index (χ4n) is 5.11. The normalized spacial score (nSPS) is 11.8. The molecule has 0 aliphatic heterocycles. The minimum absolute atomic E-state index is 0. The summed E-state index contributed by atoms with van der Waals surface area (Å²) in [5, 5.41) is 2.50. The number of Topliss-reactive ketones (excluding diaryl/α,β-unsaturated/α-hetero) is 1. The molecule has 0 aromatic heterocycles. The first kappa shape index (κ1) is 41.7. The minimum atomic E-state index is -4.73. The smallest absolute Gasteiger partial charge is 0.744 e. The van der Waals surface area contributed by atoms with Crippen LogP contribution >= 0.6 is 0 Å². The Kier molecular flexibility index (Phi) is 22.2. The third kappa shape index (κ3) is 16.9. The van der Waals surface area contributed by atoms with Gasteiger partial charge in [-0.15, -0.1) is 0 Å². The molecule has 2 aromatic carbocycles. The fraction of sp³-hybridized carbons (Fsp3) is 0.600. The zero-order chi connectivity index (χ0) is 32.2. The summed E-state index contributed by atoms with van der Waals surface area (Å²) in [6.07, 6.45) is 21.1. The molecular weight excluding hydrogens is 618 g/mol. The number of nitrogens with one attached hydrogen (secondary N) is 1. The fourth-order valence-corrected chi connectivity index (χ4v) is 5.60. The van der Waals surface area contributed by atoms with E-state index in [2.05, 4.69) is 12.2 Å². The maximum absolute atomic E-state index is 12.9. The van der Waals surface area contributed by atoms with E-state index < -0.39 is 32.6 Å². The number of hydrogen-bond donors (Lipinski definition) is 1. The molecule has 1 atom stereocenters. The molecule has 8 nitrogen and oxygen atoms in total. The van der Waals surface area contributed by atoms with Crippen molar-refractivity contribution in [3.63, 3.8) is 0 Å². The Hall–Kier alpha value is -1.27. The summed E-state index contributed by atoms with van der Waals surface area (Å²) in [6.45, 7) is 4.34. The third-order valence-corrected chi connectivity index (χ3v) is 8.74. The van der Waals surface area contributed by atoms with Crippen LogP contribution in [-0.2, 0) is 14.9 Å². The van der Waals surface area contributed by atoms with Crippen molar-refractivity contribution in [2.45, 2.75) is 121 Å². The van der Waals surface area contributed by atoms with Gasteiger partial charge in [-0.25, -0.2) is 8.42 Å². The van der Waals surface area contributed by atoms with Gasteiger partial charge in [-0.2, -0.15) is 0 Å². The molecule has 0 bridgehead atoms. The number of unbranched alkanes of at least 4 members (excludes halogenated alkanes) is 15. The average Bonchev–Trinajstić information content (AvgIpc) is 3.01. The molecular formula is C35H52KNO7S. The predicted molar refractivity (Wildman–Crippen MR) is 175 cm³/mol. The van der Waals surface area contributed by atoms with Crippen molar-refractivity contribution >= 4 is 27.5 Å². The summed E-state index contributed by atoms with van der Waals surface area (Å²) in [4.78, 5) is 25.2. The third-order valence-electron chi connectivity index (χ3n) is 7.91. The molecule has 0 aliphatic carbocycles. The Morgan fingerprint density at radius 3 is 1.73 bits per heavy atom. The van der Waals surface area contributed by atoms with Gasteiger partial charge in [0.2, 0.25) is 5.91 Å². The second-order valence-electron chi connectivity index (χ2n) is 11.6. The number of carbonyl (C=O) groups excluding carboxylic acids is 2. The van der Waals surface area contributed by atoms with Crippen molar-refractivity contribution in [3.8, 4) is 11.5 Å². The number of methoxy groups -OCH3 is 1. The summed E-state index contributed by atoms with van der Waals surface area (Å²) >= 11 is 0. The Morgan fingerprint density at radius 2 is 1.27 bits per heavy atom. The molecule has 0 radical (unpaired) electrons. The second-order valence-corrected chi connectivity index (χ2v) is 12.9. The standard InChI is InChI=1S/C35H53NO7S.K/c1-4-5-6-7-8-9-10-11-12-13-14-15-16-17-18-19-26-43-30-22-20-29(21-23-30)34(37)28(2)35(38)36-32-27-31(44(39,40)41)24-25-33(32)42-3;/h20-25,27-28H,4-19,26H2,1-3H3,(H,36,38)(H,39,40,41);/q;+1/p-1. The van der Waals surface area contributed by atoms with Gasteiger partial charge in [0.15, 0.2) is 5.78 Å². The van der Waals surface area contributed by atoms with Gasteiger partial charge in [0.25, 0.3) is 0 Å². The SMILES string of the molecule is CCCCCCCCCCCCCCCCCCOc1ccc(C(=O)C(C)C(=O)Nc2cc(S(=O)(=O)[O-])ccc2OC)cc1.[K+]. The molecule has 0 fully saturated rings. The van der Waals surface area contributed by atoms with Crippen LogP contribution in [-0.4, -0.2) is 38.4 Å². The number of ketones is 1. The van der Waals surface area contributed by atoms with E-state index in [-0.39, 0.29) is 62.8 Å². The number of ether oxygens (including phenoxy) is 2. The molecule has 1 amide bonds. The van der Waals surface area contributed by atoms with Crippen molar-refractivity contribution < 1.29 is 83.4 Å². The zero-order valence-corrected chi connectivity index (χ0v) is 31.8. The molecule has 10 heteroatoms. The van der Waals surface area contributed by atoms with Crippen molar-refractivity contribution in [2.24, 2.45) is 5.92 Å². The van der Waals surface area contributed by atoms with Crippen LogP contribution < -0.4 is 66.2 Å². The van der Waals surface area contributed by atoms with E-state index in [1.807, 2.05) is 0 Å². The van der Waals surface area contributed by atoms with Crippen LogP contribution in [0.5, 0.6) is 11.5 Å². The molecule has 1 unspecified atom stereocenters. The minimum Gasteiger partial charge on any atom is -0.744 e. The maximum atomic E-state index is 12.9. The first-order valence-corrected chi connectivity index (χ1v) is 17.8. The Bertz CT molecular complexity index is 1240. The van der Waals surface area contributed by atoms with E-state index in [1.165, 1.54) is 110 Å². The molecule has 2 rings (SSSR count). The summed E-state index contributed by atoms with van der Waals surface area (Å²) in [5.41, 5.74) is 0.345. The van der Waals surface area contributed by atoms with Gasteiger partial charge in [-0.1, -0.05) is 103 Å². The van der Waals surface area contributed by atoms with E-state index in [1.54, 1.807) is 24.3 Å². The van der Waals surface area contributed by atoms with Crippen molar-refractivity contribution in [3.05, 3.63) is 48.0 Å². The molecule has 2 aromatic rings. The molecule has 0 aliphatic rings. The van der Waals surface area contributed by atoms with Gasteiger partial charge in [-0.3, -0.25) is 9.59 Å². The van der Waals surface area contributed by atoms with Crippen LogP contribution in [0.1, 0.15) is 127 Å². The summed E-state index contributed by atoms with van der Waals surface area (Å²) in [7, 11) is -3.39. The monoisotopic (exact) mass is 669 g/mol. The van der Waals surface area contributed by atoms with Crippen LogP contribution in [0.4, 0.5) is 5.69 Å². The van der Waals surface area contributed by atoms with Crippen molar-refractivity contribution in [1.29, 1.82) is 0 Å². The van der Waals surface area contributed by atoms with Gasteiger partial charge in [-0.05, 0) is 55.8 Å². The number of benzene rings is 2. The predicted octanol–water partition coefficient (Wildman–Crippen LogP) is 5.70. The van der Waals surface area contributed by atoms with Crippen molar-refractivity contribution in [1.82, 2.24) is 0 Å². The Morgan fingerprint density at radius 1 is 0.778 bits per heavy atom. The van der Waals surface area contributed by atoms with Crippen LogP contribution in [0.2, 0.25) is 0 Å². The first-order valence-electron chi connectivity index (χ1n) is 16.4. The topological polar surface area (TPSA) is 122 Å². The van der Waals surface area contributed by atoms with Crippen LogP contribution in [0.15, 0.2) is 47.4 Å². The molecule has 246 valence electrons. The van der Waals surface area contributed by atoms with E-state index in [9.17, 15) is 22.6 Å². The summed E-state index contributed by atoms with van der Waals surface area (Å²) < 4.78 is 45.1. The molecule has 1 N–H and O–H groups in total. The molecule has 0 saturated carbocycles. The Balaban J connectivity index is 0.0000101. The maximum Gasteiger partial charge on any atom is 1.00 e. The number of anilines is 1. The quantitative estimate of drug-likeness (QED) is 0.0500. The van der Waals surface area contributed by atoms with Gasteiger partial charge in [0, 0.05) is 5.56 Å². The van der Waals surface area contributed by atoms with E-state index in [4.69, 9.17) is 9.47 Å². The first-order chi connectivity index (χ1) is 21.2. The van der Waals surface area contributed by atoms with E-state index >= 15 is 0 Å². The number of amides is 1. The van der Waals surface area contributed by atoms with Crippen LogP contribution in [0, 0.1) is 5.92 Å². The molecule has 0 spiro atoms. The average molecular weight is 670 g/mol. The Labute approximate surface area is 314 Å².